The molecule has 1 aromatic heterocycles. The van der Waals surface area contributed by atoms with Crippen molar-refractivity contribution in [2.75, 3.05) is 7.11 Å². The normalized spacial score (nSPS) is 24.9. The van der Waals surface area contributed by atoms with Crippen molar-refractivity contribution in [2.45, 2.75) is 24.7 Å². The minimum absolute atomic E-state index is 0.0278. The Morgan fingerprint density at radius 1 is 1.03 bits per heavy atom. The van der Waals surface area contributed by atoms with Gasteiger partial charge in [-0.3, -0.25) is 9.78 Å². The molecule has 2 saturated heterocycles. The summed E-state index contributed by atoms with van der Waals surface area (Å²) in [7, 11) is 1.64. The molecule has 2 aliphatic rings. The first-order valence-corrected chi connectivity index (χ1v) is 10.3. The smallest absolute Gasteiger partial charge is 0.242 e. The van der Waals surface area contributed by atoms with Gasteiger partial charge in [-0.2, -0.15) is 0 Å². The summed E-state index contributed by atoms with van der Waals surface area (Å²) in [5.74, 6) is 0.872. The van der Waals surface area contributed by atoms with Crippen LogP contribution in [0.15, 0.2) is 73.1 Å². The zero-order valence-electron chi connectivity index (χ0n) is 17.1. The van der Waals surface area contributed by atoms with Gasteiger partial charge in [0.25, 0.3) is 0 Å². The lowest BCUT2D eigenvalue weighted by molar-refractivity contribution is -0.131. The molecule has 3 N–H and O–H groups in total. The summed E-state index contributed by atoms with van der Waals surface area (Å²) in [6, 6.07) is 18.2. The van der Waals surface area contributed by atoms with Gasteiger partial charge in [-0.05, 0) is 41.5 Å². The van der Waals surface area contributed by atoms with Crippen molar-refractivity contribution in [3.8, 4) is 11.5 Å². The van der Waals surface area contributed by atoms with Crippen molar-refractivity contribution in [1.82, 2.24) is 20.7 Å². The molecule has 0 saturated carbocycles. The van der Waals surface area contributed by atoms with Crippen LogP contribution < -0.4 is 15.6 Å². The van der Waals surface area contributed by atoms with Crippen LogP contribution in [0.2, 0.25) is 0 Å². The van der Waals surface area contributed by atoms with Gasteiger partial charge in [-0.1, -0.05) is 30.3 Å². The number of phenols is 1. The van der Waals surface area contributed by atoms with E-state index in [1.165, 1.54) is 0 Å². The highest BCUT2D eigenvalue weighted by Gasteiger charge is 2.55. The first-order valence-electron chi connectivity index (χ1n) is 10.3. The van der Waals surface area contributed by atoms with E-state index in [0.717, 1.165) is 22.4 Å². The maximum Gasteiger partial charge on any atom is 0.242 e. The van der Waals surface area contributed by atoms with Gasteiger partial charge in [0.2, 0.25) is 5.91 Å². The molecule has 3 aromatic rings. The number of carbonyl (C=O) groups excluding carboxylic acids is 1. The number of amides is 1. The van der Waals surface area contributed by atoms with E-state index < -0.39 is 6.04 Å². The van der Waals surface area contributed by atoms with Crippen LogP contribution in [0.1, 0.15) is 28.8 Å². The maximum absolute atomic E-state index is 13.5. The molecule has 0 spiro atoms. The average molecular weight is 416 g/mol. The second-order valence-electron chi connectivity index (χ2n) is 7.92. The number of methoxy groups -OCH3 is 1. The lowest BCUT2D eigenvalue weighted by atomic mass is 9.83. The molecule has 31 heavy (non-hydrogen) atoms. The Kier molecular flexibility index (Phi) is 5.05. The Morgan fingerprint density at radius 3 is 2.58 bits per heavy atom. The van der Waals surface area contributed by atoms with E-state index in [4.69, 9.17) is 4.74 Å². The number of phenolic OH excluding ortho intramolecular Hbond substituents is 1. The lowest BCUT2D eigenvalue weighted by Gasteiger charge is -2.31. The van der Waals surface area contributed by atoms with E-state index in [1.54, 1.807) is 31.6 Å². The number of ether oxygens (including phenoxy) is 1. The minimum Gasteiger partial charge on any atom is -0.508 e. The van der Waals surface area contributed by atoms with Crippen molar-refractivity contribution >= 4 is 5.91 Å². The number of nitrogens with one attached hydrogen (secondary N) is 2. The maximum atomic E-state index is 13.5. The van der Waals surface area contributed by atoms with Gasteiger partial charge < -0.3 is 14.7 Å². The van der Waals surface area contributed by atoms with Crippen LogP contribution in [0, 0.1) is 5.92 Å². The molecule has 0 bridgehead atoms. The molecule has 158 valence electrons. The number of hydrogen-bond donors (Lipinski definition) is 3. The number of para-hydroxylation sites is 1. The van der Waals surface area contributed by atoms with Crippen LogP contribution in [0.4, 0.5) is 0 Å². The van der Waals surface area contributed by atoms with E-state index in [-0.39, 0.29) is 29.7 Å². The number of hydrazine groups is 1. The van der Waals surface area contributed by atoms with Gasteiger partial charge in [0, 0.05) is 30.4 Å². The van der Waals surface area contributed by atoms with E-state index in [2.05, 4.69) is 15.8 Å². The standard InChI is InChI=1S/C24H24N4O3/c1-31-17-6-4-5-16(13-17)23-20-21(18-7-2-3-8-19(18)29)26-27-22(20)24(30)28(23)14-15-9-11-25-12-10-15/h2-13,20-23,26-27,29H,14H2,1H3. The summed E-state index contributed by atoms with van der Waals surface area (Å²) in [6.45, 7) is 0.478. The molecule has 0 aliphatic carbocycles. The van der Waals surface area contributed by atoms with E-state index in [1.807, 2.05) is 53.4 Å². The third-order valence-corrected chi connectivity index (χ3v) is 6.22. The Hall–Kier alpha value is -3.42. The molecular formula is C24H24N4O3. The SMILES string of the molecule is COc1cccc(C2C3C(NNC3c3ccccc3O)C(=O)N2Cc2ccncc2)c1. The second kappa shape index (κ2) is 8.02. The third-order valence-electron chi connectivity index (χ3n) is 6.22. The highest BCUT2D eigenvalue weighted by atomic mass is 16.5. The minimum atomic E-state index is -0.400. The first-order chi connectivity index (χ1) is 15.2. The van der Waals surface area contributed by atoms with Crippen molar-refractivity contribution in [1.29, 1.82) is 0 Å². The number of rotatable bonds is 5. The number of likely N-dealkylation sites (tertiary alicyclic amines) is 1. The third kappa shape index (κ3) is 3.41. The molecule has 7 heteroatoms. The summed E-state index contributed by atoms with van der Waals surface area (Å²) in [6.07, 6.45) is 3.48. The molecule has 4 unspecified atom stereocenters. The van der Waals surface area contributed by atoms with Crippen LogP contribution in [0.5, 0.6) is 11.5 Å². The molecule has 2 fully saturated rings. The molecule has 2 aromatic carbocycles. The van der Waals surface area contributed by atoms with E-state index in [9.17, 15) is 9.90 Å². The number of pyridine rings is 1. The fourth-order valence-electron chi connectivity index (χ4n) is 4.80. The van der Waals surface area contributed by atoms with Gasteiger partial charge in [0.1, 0.15) is 17.5 Å². The van der Waals surface area contributed by atoms with E-state index in [0.29, 0.717) is 6.54 Å². The summed E-state index contributed by atoms with van der Waals surface area (Å²) in [5, 5.41) is 10.5. The lowest BCUT2D eigenvalue weighted by Crippen LogP contribution is -2.41. The zero-order chi connectivity index (χ0) is 21.4. The van der Waals surface area contributed by atoms with Crippen molar-refractivity contribution < 1.29 is 14.6 Å². The average Bonchev–Trinajstić information content (AvgIpc) is 3.34. The summed E-state index contributed by atoms with van der Waals surface area (Å²) < 4.78 is 5.45. The zero-order valence-corrected chi connectivity index (χ0v) is 17.1. The number of hydrogen-bond acceptors (Lipinski definition) is 6. The molecule has 1 amide bonds. The van der Waals surface area contributed by atoms with Gasteiger partial charge >= 0.3 is 0 Å². The Labute approximate surface area is 180 Å². The Balaban J connectivity index is 1.59. The van der Waals surface area contributed by atoms with Gasteiger partial charge in [-0.25, -0.2) is 10.9 Å². The van der Waals surface area contributed by atoms with Crippen LogP contribution in [-0.2, 0) is 11.3 Å². The number of carbonyl (C=O) groups is 1. The molecule has 7 nitrogen and oxygen atoms in total. The van der Waals surface area contributed by atoms with Crippen LogP contribution in [-0.4, -0.2) is 34.0 Å². The number of nitrogens with zero attached hydrogens (tertiary/aromatic N) is 2. The fraction of sp³-hybridized carbons (Fsp3) is 0.250. The molecule has 4 atom stereocenters. The highest BCUT2D eigenvalue weighted by Crippen LogP contribution is 2.49. The van der Waals surface area contributed by atoms with Crippen molar-refractivity contribution in [3.05, 3.63) is 89.7 Å². The predicted molar refractivity (Wildman–Crippen MR) is 115 cm³/mol. The summed E-state index contributed by atoms with van der Waals surface area (Å²) >= 11 is 0. The molecule has 0 radical (unpaired) electrons. The number of aromatic hydroxyl groups is 1. The van der Waals surface area contributed by atoms with Gasteiger partial charge in [-0.15, -0.1) is 0 Å². The van der Waals surface area contributed by atoms with Crippen molar-refractivity contribution in [2.24, 2.45) is 5.92 Å². The number of aromatic nitrogens is 1. The van der Waals surface area contributed by atoms with E-state index >= 15 is 0 Å². The monoisotopic (exact) mass is 416 g/mol. The fourth-order valence-corrected chi connectivity index (χ4v) is 4.80. The van der Waals surface area contributed by atoms with Crippen molar-refractivity contribution in [3.63, 3.8) is 0 Å². The largest absolute Gasteiger partial charge is 0.508 e. The second-order valence-corrected chi connectivity index (χ2v) is 7.92. The van der Waals surface area contributed by atoms with Gasteiger partial charge in [0.05, 0.1) is 19.2 Å². The van der Waals surface area contributed by atoms with Crippen LogP contribution >= 0.6 is 0 Å². The van der Waals surface area contributed by atoms with Crippen LogP contribution in [0.25, 0.3) is 0 Å². The molecule has 2 aliphatic heterocycles. The van der Waals surface area contributed by atoms with Crippen LogP contribution in [0.3, 0.4) is 0 Å². The first kappa shape index (κ1) is 19.5. The topological polar surface area (TPSA) is 86.7 Å². The highest BCUT2D eigenvalue weighted by molar-refractivity contribution is 5.86. The summed E-state index contributed by atoms with van der Waals surface area (Å²) in [5.41, 5.74) is 9.24. The summed E-state index contributed by atoms with van der Waals surface area (Å²) in [4.78, 5) is 19.5. The number of benzene rings is 2. The molecular weight excluding hydrogens is 392 g/mol. The Bertz CT molecular complexity index is 1090. The van der Waals surface area contributed by atoms with Gasteiger partial charge in [0.15, 0.2) is 0 Å². The quantitative estimate of drug-likeness (QED) is 0.593. The molecule has 5 rings (SSSR count). The predicted octanol–water partition coefficient (Wildman–Crippen LogP) is 2.71. The Morgan fingerprint density at radius 2 is 1.81 bits per heavy atom. The number of fused-ring (bicyclic) bond motifs is 1. The molecule has 3 heterocycles.